The molecule has 5 N–H and O–H groups in total. The number of benzene rings is 1. The fraction of sp³-hybridized carbons (Fsp3) is 0.650. The molecular formula is C20H33NO4S. The Bertz CT molecular complexity index is 537. The highest BCUT2D eigenvalue weighted by Gasteiger charge is 2.09. The van der Waals surface area contributed by atoms with Crippen molar-refractivity contribution in [3.63, 3.8) is 0 Å². The van der Waals surface area contributed by atoms with E-state index in [-0.39, 0.29) is 11.5 Å². The van der Waals surface area contributed by atoms with E-state index in [9.17, 15) is 15.0 Å². The first kappa shape index (κ1) is 22.6. The molecule has 1 aromatic rings. The van der Waals surface area contributed by atoms with Crippen molar-refractivity contribution in [2.75, 3.05) is 12.3 Å². The zero-order chi connectivity index (χ0) is 19.2. The third-order valence-corrected chi connectivity index (χ3v) is 5.44. The standard InChI is InChI=1S/C20H33NO4S/c21-11-10-16-13-17(20(25)18(22)14-16)15-26-12-8-6-4-2-1-3-5-7-9-19(23)24/h13-14,22,25H,1-12,15,21H2,(H,23,24). The molecule has 0 fully saturated rings. The molecule has 0 aliphatic heterocycles. The molecule has 0 bridgehead atoms. The molecule has 0 aromatic heterocycles. The smallest absolute Gasteiger partial charge is 0.303 e. The maximum Gasteiger partial charge on any atom is 0.303 e. The van der Waals surface area contributed by atoms with Crippen LogP contribution in [0.5, 0.6) is 11.5 Å². The first-order valence-corrected chi connectivity index (χ1v) is 10.7. The van der Waals surface area contributed by atoms with Crippen LogP contribution < -0.4 is 5.73 Å². The van der Waals surface area contributed by atoms with Gasteiger partial charge in [-0.1, -0.05) is 44.6 Å². The van der Waals surface area contributed by atoms with Crippen LogP contribution >= 0.6 is 11.8 Å². The van der Waals surface area contributed by atoms with Gasteiger partial charge in [-0.25, -0.2) is 0 Å². The Labute approximate surface area is 161 Å². The lowest BCUT2D eigenvalue weighted by Crippen LogP contribution is -2.03. The average molecular weight is 384 g/mol. The van der Waals surface area contributed by atoms with Crippen LogP contribution in [0, 0.1) is 0 Å². The third-order valence-electron chi connectivity index (χ3n) is 4.35. The van der Waals surface area contributed by atoms with Crippen molar-refractivity contribution in [2.24, 2.45) is 5.73 Å². The molecule has 0 atom stereocenters. The van der Waals surface area contributed by atoms with Crippen molar-refractivity contribution in [3.05, 3.63) is 23.3 Å². The summed E-state index contributed by atoms with van der Waals surface area (Å²) < 4.78 is 0. The summed E-state index contributed by atoms with van der Waals surface area (Å²) in [5.74, 6) is 0.967. The van der Waals surface area contributed by atoms with Gasteiger partial charge in [-0.15, -0.1) is 0 Å². The van der Waals surface area contributed by atoms with Crippen LogP contribution in [0.2, 0.25) is 0 Å². The van der Waals surface area contributed by atoms with Gasteiger partial charge in [-0.05, 0) is 43.2 Å². The number of unbranched alkanes of at least 4 members (excludes halogenated alkanes) is 7. The lowest BCUT2D eigenvalue weighted by atomic mass is 10.1. The molecule has 1 aromatic carbocycles. The highest BCUT2D eigenvalue weighted by Crippen LogP contribution is 2.33. The largest absolute Gasteiger partial charge is 0.504 e. The Hall–Kier alpha value is -1.40. The maximum absolute atomic E-state index is 10.4. The van der Waals surface area contributed by atoms with E-state index in [1.807, 2.05) is 6.07 Å². The Morgan fingerprint density at radius 1 is 0.962 bits per heavy atom. The molecule has 0 aliphatic carbocycles. The number of nitrogens with two attached hydrogens (primary N) is 1. The van der Waals surface area contributed by atoms with E-state index < -0.39 is 5.97 Å². The predicted octanol–water partition coefficient (Wildman–Crippen LogP) is 4.43. The molecule has 0 aliphatic rings. The van der Waals surface area contributed by atoms with Gasteiger partial charge in [-0.3, -0.25) is 4.79 Å². The second kappa shape index (κ2) is 13.8. The highest BCUT2D eigenvalue weighted by molar-refractivity contribution is 7.98. The molecule has 148 valence electrons. The van der Waals surface area contributed by atoms with Gasteiger partial charge in [-0.2, -0.15) is 11.8 Å². The van der Waals surface area contributed by atoms with Gasteiger partial charge in [0.15, 0.2) is 11.5 Å². The van der Waals surface area contributed by atoms with Crippen LogP contribution in [0.25, 0.3) is 0 Å². The van der Waals surface area contributed by atoms with E-state index in [1.54, 1.807) is 17.8 Å². The number of phenolic OH excluding ortho intramolecular Hbond substituents is 2. The predicted molar refractivity (Wildman–Crippen MR) is 108 cm³/mol. The summed E-state index contributed by atoms with van der Waals surface area (Å²) in [6, 6.07) is 3.51. The molecule has 0 radical (unpaired) electrons. The Kier molecular flexibility index (Phi) is 12.0. The summed E-state index contributed by atoms with van der Waals surface area (Å²) in [5.41, 5.74) is 7.29. The quantitative estimate of drug-likeness (QED) is 0.264. The van der Waals surface area contributed by atoms with E-state index in [0.717, 1.165) is 42.6 Å². The van der Waals surface area contributed by atoms with Gasteiger partial charge in [0.05, 0.1) is 0 Å². The highest BCUT2D eigenvalue weighted by atomic mass is 32.2. The summed E-state index contributed by atoms with van der Waals surface area (Å²) in [4.78, 5) is 10.4. The molecular weight excluding hydrogens is 350 g/mol. The zero-order valence-electron chi connectivity index (χ0n) is 15.6. The van der Waals surface area contributed by atoms with Gasteiger partial charge in [0, 0.05) is 17.7 Å². The molecule has 0 saturated carbocycles. The second-order valence-corrected chi connectivity index (χ2v) is 7.79. The lowest BCUT2D eigenvalue weighted by Gasteiger charge is -2.09. The summed E-state index contributed by atoms with van der Waals surface area (Å²) in [7, 11) is 0. The SMILES string of the molecule is NCCc1cc(O)c(O)c(CSCCCCCCCCCCC(=O)O)c1. The van der Waals surface area contributed by atoms with Crippen LogP contribution in [0.3, 0.4) is 0 Å². The van der Waals surface area contributed by atoms with Crippen LogP contribution in [-0.2, 0) is 17.0 Å². The minimum absolute atomic E-state index is 0.0128. The number of phenols is 2. The number of thioether (sulfide) groups is 1. The van der Waals surface area contributed by atoms with Gasteiger partial charge in [0.1, 0.15) is 0 Å². The van der Waals surface area contributed by atoms with Gasteiger partial charge in [0.25, 0.3) is 0 Å². The van der Waals surface area contributed by atoms with Gasteiger partial charge < -0.3 is 21.1 Å². The van der Waals surface area contributed by atoms with E-state index in [4.69, 9.17) is 10.8 Å². The van der Waals surface area contributed by atoms with Gasteiger partial charge in [0.2, 0.25) is 0 Å². The number of carboxylic acids is 1. The summed E-state index contributed by atoms with van der Waals surface area (Å²) >= 11 is 1.78. The molecule has 0 spiro atoms. The zero-order valence-corrected chi connectivity index (χ0v) is 16.4. The molecule has 6 heteroatoms. The Morgan fingerprint density at radius 3 is 2.19 bits per heavy atom. The molecule has 5 nitrogen and oxygen atoms in total. The lowest BCUT2D eigenvalue weighted by molar-refractivity contribution is -0.137. The van der Waals surface area contributed by atoms with Crippen molar-refractivity contribution in [2.45, 2.75) is 70.0 Å². The van der Waals surface area contributed by atoms with Crippen molar-refractivity contribution in [3.8, 4) is 11.5 Å². The number of rotatable bonds is 15. The third kappa shape index (κ3) is 9.92. The Balaban J connectivity index is 2.06. The molecule has 0 unspecified atom stereocenters. The average Bonchev–Trinajstić information content (AvgIpc) is 2.59. The second-order valence-electron chi connectivity index (χ2n) is 6.69. The summed E-state index contributed by atoms with van der Waals surface area (Å²) in [6.45, 7) is 0.524. The van der Waals surface area contributed by atoms with Crippen molar-refractivity contribution < 1.29 is 20.1 Å². The van der Waals surface area contributed by atoms with Gasteiger partial charge >= 0.3 is 5.97 Å². The van der Waals surface area contributed by atoms with Crippen molar-refractivity contribution >= 4 is 17.7 Å². The number of carboxylic acid groups (broad SMARTS) is 1. The minimum atomic E-state index is -0.697. The first-order chi connectivity index (χ1) is 12.5. The first-order valence-electron chi connectivity index (χ1n) is 9.58. The molecule has 1 rings (SSSR count). The summed E-state index contributed by atoms with van der Waals surface area (Å²) in [5, 5.41) is 28.3. The van der Waals surface area contributed by atoms with Crippen LogP contribution in [0.4, 0.5) is 0 Å². The monoisotopic (exact) mass is 383 g/mol. The maximum atomic E-state index is 10.4. The van der Waals surface area contributed by atoms with E-state index in [2.05, 4.69) is 0 Å². The topological polar surface area (TPSA) is 104 Å². The normalized spacial score (nSPS) is 11.0. The molecule has 0 heterocycles. The van der Waals surface area contributed by atoms with E-state index in [0.29, 0.717) is 25.1 Å². The molecule has 0 amide bonds. The number of hydrogen-bond donors (Lipinski definition) is 4. The van der Waals surface area contributed by atoms with Crippen LogP contribution in [0.1, 0.15) is 68.9 Å². The number of carbonyl (C=O) groups is 1. The fourth-order valence-corrected chi connectivity index (χ4v) is 3.88. The minimum Gasteiger partial charge on any atom is -0.504 e. The fourth-order valence-electron chi connectivity index (χ4n) is 2.89. The molecule has 26 heavy (non-hydrogen) atoms. The van der Waals surface area contributed by atoms with E-state index in [1.165, 1.54) is 25.7 Å². The molecule has 0 saturated heterocycles. The van der Waals surface area contributed by atoms with Crippen molar-refractivity contribution in [1.29, 1.82) is 0 Å². The Morgan fingerprint density at radius 2 is 1.58 bits per heavy atom. The number of aromatic hydroxyl groups is 2. The van der Waals surface area contributed by atoms with Crippen LogP contribution in [-0.4, -0.2) is 33.6 Å². The number of aliphatic carboxylic acids is 1. The van der Waals surface area contributed by atoms with E-state index >= 15 is 0 Å². The van der Waals surface area contributed by atoms with Crippen LogP contribution in [0.15, 0.2) is 12.1 Å². The number of hydrogen-bond acceptors (Lipinski definition) is 5. The summed E-state index contributed by atoms with van der Waals surface area (Å²) in [6.07, 6.45) is 9.90. The van der Waals surface area contributed by atoms with Crippen molar-refractivity contribution in [1.82, 2.24) is 0 Å².